The van der Waals surface area contributed by atoms with Crippen molar-refractivity contribution >= 4 is 5.97 Å². The predicted octanol–water partition coefficient (Wildman–Crippen LogP) is 0.248. The van der Waals surface area contributed by atoms with Gasteiger partial charge in [0.25, 0.3) is 0 Å². The summed E-state index contributed by atoms with van der Waals surface area (Å²) in [5, 5.41) is 39.4. The second-order valence-electron chi connectivity index (χ2n) is 6.76. The summed E-state index contributed by atoms with van der Waals surface area (Å²) in [5.41, 5.74) is 2.21. The lowest BCUT2D eigenvalue weighted by atomic mass is 9.99. The number of para-hydroxylation sites is 1. The van der Waals surface area contributed by atoms with Crippen LogP contribution in [0.4, 0.5) is 0 Å². The van der Waals surface area contributed by atoms with Crippen LogP contribution in [0, 0.1) is 0 Å². The zero-order valence-electron chi connectivity index (χ0n) is 15.8. The molecule has 4 N–H and O–H groups in total. The van der Waals surface area contributed by atoms with E-state index in [1.54, 1.807) is 24.3 Å². The minimum Gasteiger partial charge on any atom is -0.469 e. The standard InChI is InChI=1S/C21H24O8/c1-27-17(23)10-12-5-4-6-13(9-12)14-7-2-3-8-15(14)28-21-20(26)19(25)18(24)16(11-22)29-21/h2-9,16,18-22,24-26H,10-11H2,1H3/t16-,18-,19+,20+,21-/m1/s1. The molecule has 156 valence electrons. The molecule has 0 unspecified atom stereocenters. The van der Waals surface area contributed by atoms with Gasteiger partial charge in [0.1, 0.15) is 30.2 Å². The van der Waals surface area contributed by atoms with Gasteiger partial charge in [-0.3, -0.25) is 4.79 Å². The first-order chi connectivity index (χ1) is 13.9. The fraction of sp³-hybridized carbons (Fsp3) is 0.381. The van der Waals surface area contributed by atoms with Crippen LogP contribution >= 0.6 is 0 Å². The van der Waals surface area contributed by atoms with Gasteiger partial charge < -0.3 is 34.6 Å². The molecule has 3 rings (SSSR count). The average molecular weight is 404 g/mol. The summed E-state index contributed by atoms with van der Waals surface area (Å²) in [6, 6.07) is 14.3. The first-order valence-electron chi connectivity index (χ1n) is 9.17. The van der Waals surface area contributed by atoms with Crippen molar-refractivity contribution < 1.29 is 39.4 Å². The van der Waals surface area contributed by atoms with Crippen LogP contribution < -0.4 is 4.74 Å². The van der Waals surface area contributed by atoms with Crippen LogP contribution in [0.3, 0.4) is 0 Å². The SMILES string of the molecule is COC(=O)Cc1cccc(-c2ccccc2O[C@@H]2O[C@H](CO)[C@@H](O)[C@H](O)[C@@H]2O)c1. The molecule has 29 heavy (non-hydrogen) atoms. The van der Waals surface area contributed by atoms with E-state index in [2.05, 4.69) is 0 Å². The van der Waals surface area contributed by atoms with Gasteiger partial charge in [-0.05, 0) is 17.2 Å². The molecule has 0 aromatic heterocycles. The van der Waals surface area contributed by atoms with Crippen LogP contribution in [-0.2, 0) is 20.7 Å². The minimum absolute atomic E-state index is 0.125. The number of ether oxygens (including phenoxy) is 3. The van der Waals surface area contributed by atoms with Crippen molar-refractivity contribution in [2.45, 2.75) is 37.1 Å². The lowest BCUT2D eigenvalue weighted by Gasteiger charge is -2.39. The van der Waals surface area contributed by atoms with Crippen LogP contribution in [0.15, 0.2) is 48.5 Å². The number of hydrogen-bond donors (Lipinski definition) is 4. The highest BCUT2D eigenvalue weighted by molar-refractivity contribution is 5.75. The van der Waals surface area contributed by atoms with Crippen LogP contribution in [0.5, 0.6) is 5.75 Å². The third-order valence-electron chi connectivity index (χ3n) is 4.79. The Morgan fingerprint density at radius 2 is 1.79 bits per heavy atom. The Morgan fingerprint density at radius 3 is 2.52 bits per heavy atom. The summed E-state index contributed by atoms with van der Waals surface area (Å²) in [6.45, 7) is -0.540. The topological polar surface area (TPSA) is 126 Å². The van der Waals surface area contributed by atoms with Crippen LogP contribution in [0.25, 0.3) is 11.1 Å². The van der Waals surface area contributed by atoms with E-state index in [1.165, 1.54) is 7.11 Å². The van der Waals surface area contributed by atoms with Crippen molar-refractivity contribution in [2.24, 2.45) is 0 Å². The Morgan fingerprint density at radius 1 is 1.03 bits per heavy atom. The van der Waals surface area contributed by atoms with Crippen molar-refractivity contribution in [1.29, 1.82) is 0 Å². The van der Waals surface area contributed by atoms with Crippen molar-refractivity contribution in [3.63, 3.8) is 0 Å². The number of aliphatic hydroxyl groups excluding tert-OH is 4. The normalized spacial score (nSPS) is 26.7. The second kappa shape index (κ2) is 9.34. The molecular weight excluding hydrogens is 380 g/mol. The van der Waals surface area contributed by atoms with Gasteiger partial charge in [0, 0.05) is 5.56 Å². The van der Waals surface area contributed by atoms with Gasteiger partial charge in [-0.2, -0.15) is 0 Å². The lowest BCUT2D eigenvalue weighted by molar-refractivity contribution is -0.277. The van der Waals surface area contributed by atoms with Crippen molar-refractivity contribution in [3.05, 3.63) is 54.1 Å². The Bertz CT molecular complexity index is 837. The maximum Gasteiger partial charge on any atom is 0.309 e. The molecule has 0 aliphatic carbocycles. The summed E-state index contributed by atoms with van der Waals surface area (Å²) < 4.78 is 15.9. The molecule has 1 saturated heterocycles. The van der Waals surface area contributed by atoms with Crippen molar-refractivity contribution in [3.8, 4) is 16.9 Å². The van der Waals surface area contributed by atoms with E-state index in [0.717, 1.165) is 11.1 Å². The minimum atomic E-state index is -1.53. The molecule has 1 aliphatic rings. The molecule has 2 aromatic rings. The largest absolute Gasteiger partial charge is 0.469 e. The highest BCUT2D eigenvalue weighted by atomic mass is 16.7. The quantitative estimate of drug-likeness (QED) is 0.505. The molecule has 2 aromatic carbocycles. The van der Waals surface area contributed by atoms with E-state index in [1.807, 2.05) is 24.3 Å². The van der Waals surface area contributed by atoms with Gasteiger partial charge in [-0.25, -0.2) is 0 Å². The maximum absolute atomic E-state index is 11.6. The van der Waals surface area contributed by atoms with Crippen molar-refractivity contribution in [2.75, 3.05) is 13.7 Å². The molecule has 8 nitrogen and oxygen atoms in total. The number of hydrogen-bond acceptors (Lipinski definition) is 8. The first-order valence-corrected chi connectivity index (χ1v) is 9.17. The number of benzene rings is 2. The Balaban J connectivity index is 1.86. The molecule has 0 spiro atoms. The van der Waals surface area contributed by atoms with E-state index in [0.29, 0.717) is 11.3 Å². The molecule has 0 amide bonds. The predicted molar refractivity (Wildman–Crippen MR) is 102 cm³/mol. The second-order valence-corrected chi connectivity index (χ2v) is 6.76. The molecule has 8 heteroatoms. The first kappa shape index (κ1) is 21.2. The van der Waals surface area contributed by atoms with E-state index in [-0.39, 0.29) is 12.4 Å². The zero-order chi connectivity index (χ0) is 21.0. The molecular formula is C21H24O8. The fourth-order valence-corrected chi connectivity index (χ4v) is 3.19. The number of aliphatic hydroxyl groups is 4. The van der Waals surface area contributed by atoms with Gasteiger partial charge in [-0.1, -0.05) is 42.5 Å². The molecule has 0 saturated carbocycles. The van der Waals surface area contributed by atoms with Crippen molar-refractivity contribution in [1.82, 2.24) is 0 Å². The molecule has 5 atom stereocenters. The van der Waals surface area contributed by atoms with Gasteiger partial charge in [-0.15, -0.1) is 0 Å². The average Bonchev–Trinajstić information content (AvgIpc) is 2.74. The Hall–Kier alpha value is -2.49. The van der Waals surface area contributed by atoms with Gasteiger partial charge in [0.2, 0.25) is 6.29 Å². The number of esters is 1. The summed E-state index contributed by atoms with van der Waals surface area (Å²) in [6.07, 6.45) is -6.72. The summed E-state index contributed by atoms with van der Waals surface area (Å²) in [4.78, 5) is 11.6. The van der Waals surface area contributed by atoms with Gasteiger partial charge >= 0.3 is 5.97 Å². The molecule has 0 bridgehead atoms. The number of carbonyl (C=O) groups excluding carboxylic acids is 1. The molecule has 1 aliphatic heterocycles. The Labute approximate surface area is 167 Å². The van der Waals surface area contributed by atoms with Crippen LogP contribution in [0.2, 0.25) is 0 Å². The third-order valence-corrected chi connectivity index (χ3v) is 4.79. The van der Waals surface area contributed by atoms with Crippen LogP contribution in [0.1, 0.15) is 5.56 Å². The van der Waals surface area contributed by atoms with E-state index >= 15 is 0 Å². The number of methoxy groups -OCH3 is 1. The molecule has 0 radical (unpaired) electrons. The smallest absolute Gasteiger partial charge is 0.309 e. The Kier molecular flexibility index (Phi) is 6.83. The van der Waals surface area contributed by atoms with Gasteiger partial charge in [0.05, 0.1) is 20.1 Å². The van der Waals surface area contributed by atoms with Gasteiger partial charge in [0.15, 0.2) is 0 Å². The number of carbonyl (C=O) groups is 1. The maximum atomic E-state index is 11.6. The van der Waals surface area contributed by atoms with E-state index < -0.39 is 37.3 Å². The van der Waals surface area contributed by atoms with E-state index in [4.69, 9.17) is 14.2 Å². The highest BCUT2D eigenvalue weighted by Gasteiger charge is 2.44. The number of rotatable bonds is 6. The highest BCUT2D eigenvalue weighted by Crippen LogP contribution is 2.33. The monoisotopic (exact) mass is 404 g/mol. The third kappa shape index (κ3) is 4.75. The summed E-state index contributed by atoms with van der Waals surface area (Å²) >= 11 is 0. The lowest BCUT2D eigenvalue weighted by Crippen LogP contribution is -2.60. The van der Waals surface area contributed by atoms with Crippen LogP contribution in [-0.4, -0.2) is 70.8 Å². The van der Waals surface area contributed by atoms with E-state index in [9.17, 15) is 25.2 Å². The molecule has 1 fully saturated rings. The summed E-state index contributed by atoms with van der Waals surface area (Å²) in [5.74, 6) is 0.0139. The summed E-state index contributed by atoms with van der Waals surface area (Å²) in [7, 11) is 1.33. The molecule has 1 heterocycles. The fourth-order valence-electron chi connectivity index (χ4n) is 3.19. The zero-order valence-corrected chi connectivity index (χ0v) is 15.8.